The predicted octanol–water partition coefficient (Wildman–Crippen LogP) is 5.18. The number of aromatic nitrogens is 2. The Bertz CT molecular complexity index is 863. The Kier molecular flexibility index (Phi) is 4.73. The first-order valence-corrected chi connectivity index (χ1v) is 9.15. The molecule has 0 spiro atoms. The van der Waals surface area contributed by atoms with Crippen LogP contribution in [-0.2, 0) is 0 Å². The molecule has 1 fully saturated rings. The van der Waals surface area contributed by atoms with Gasteiger partial charge >= 0.3 is 0 Å². The Hall–Kier alpha value is -2.68. The minimum absolute atomic E-state index is 0.779. The van der Waals surface area contributed by atoms with E-state index in [1.165, 1.54) is 25.7 Å². The normalized spacial score (nSPS) is 15.6. The van der Waals surface area contributed by atoms with Crippen LogP contribution in [-0.4, -0.2) is 23.1 Å². The third-order valence-electron chi connectivity index (χ3n) is 4.73. The third kappa shape index (κ3) is 3.71. The van der Waals surface area contributed by atoms with Gasteiger partial charge in [0.1, 0.15) is 5.82 Å². The van der Waals surface area contributed by atoms with Crippen molar-refractivity contribution in [3.63, 3.8) is 0 Å². The molecule has 3 heteroatoms. The molecule has 0 unspecified atom stereocenters. The highest BCUT2D eigenvalue weighted by Gasteiger charge is 2.15. The van der Waals surface area contributed by atoms with Crippen LogP contribution in [0.5, 0.6) is 0 Å². The molecule has 126 valence electrons. The molecule has 0 saturated carbocycles. The lowest BCUT2D eigenvalue weighted by atomic mass is 10.2. The average Bonchev–Trinajstić information content (AvgIpc) is 2.96. The second kappa shape index (κ2) is 7.47. The highest BCUT2D eigenvalue weighted by atomic mass is 15.2. The lowest BCUT2D eigenvalue weighted by Gasteiger charge is -2.23. The Balaban J connectivity index is 1.74. The Labute approximate surface area is 149 Å². The van der Waals surface area contributed by atoms with E-state index in [4.69, 9.17) is 9.97 Å². The van der Waals surface area contributed by atoms with Crippen molar-refractivity contribution < 1.29 is 0 Å². The predicted molar refractivity (Wildman–Crippen MR) is 106 cm³/mol. The van der Waals surface area contributed by atoms with E-state index in [1.54, 1.807) is 0 Å². The van der Waals surface area contributed by atoms with Crippen LogP contribution in [0, 0.1) is 0 Å². The van der Waals surface area contributed by atoms with Crippen molar-refractivity contribution in [1.82, 2.24) is 9.97 Å². The molecule has 4 rings (SSSR count). The zero-order valence-electron chi connectivity index (χ0n) is 14.4. The lowest BCUT2D eigenvalue weighted by molar-refractivity contribution is 0.726. The average molecular weight is 329 g/mol. The van der Waals surface area contributed by atoms with Gasteiger partial charge in [0.2, 0.25) is 0 Å². The number of rotatable bonds is 3. The second-order valence-electron chi connectivity index (χ2n) is 6.57. The number of nitrogens with zero attached hydrogens (tertiary/aromatic N) is 3. The zero-order valence-corrected chi connectivity index (χ0v) is 14.4. The van der Waals surface area contributed by atoms with Crippen LogP contribution in [0.15, 0.2) is 54.6 Å². The van der Waals surface area contributed by atoms with Crippen LogP contribution >= 0.6 is 0 Å². The molecule has 2 aromatic carbocycles. The quantitative estimate of drug-likeness (QED) is 0.663. The fourth-order valence-corrected chi connectivity index (χ4v) is 3.41. The van der Waals surface area contributed by atoms with Gasteiger partial charge in [-0.2, -0.15) is 0 Å². The maximum atomic E-state index is 4.91. The van der Waals surface area contributed by atoms with Crippen molar-refractivity contribution in [3.8, 4) is 0 Å². The van der Waals surface area contributed by atoms with Crippen LogP contribution in [0.25, 0.3) is 23.1 Å². The number of hydrogen-bond acceptors (Lipinski definition) is 3. The molecule has 3 nitrogen and oxygen atoms in total. The van der Waals surface area contributed by atoms with Crippen LogP contribution in [0.2, 0.25) is 0 Å². The summed E-state index contributed by atoms with van der Waals surface area (Å²) in [6.07, 6.45) is 9.22. The van der Waals surface area contributed by atoms with E-state index in [0.29, 0.717) is 0 Å². The molecule has 2 heterocycles. The highest BCUT2D eigenvalue weighted by molar-refractivity contribution is 5.90. The summed E-state index contributed by atoms with van der Waals surface area (Å²) in [5.41, 5.74) is 2.18. The summed E-state index contributed by atoms with van der Waals surface area (Å²) in [5, 5.41) is 1.15. The van der Waals surface area contributed by atoms with Gasteiger partial charge in [-0.25, -0.2) is 9.97 Å². The summed E-state index contributed by atoms with van der Waals surface area (Å²) in [4.78, 5) is 12.1. The zero-order chi connectivity index (χ0) is 16.9. The van der Waals surface area contributed by atoms with E-state index in [2.05, 4.69) is 41.3 Å². The van der Waals surface area contributed by atoms with Gasteiger partial charge in [-0.1, -0.05) is 61.4 Å². The summed E-state index contributed by atoms with van der Waals surface area (Å²) in [6.45, 7) is 2.17. The number of anilines is 1. The smallest absolute Gasteiger partial charge is 0.154 e. The molecule has 0 amide bonds. The monoisotopic (exact) mass is 329 g/mol. The number of fused-ring (bicyclic) bond motifs is 1. The first kappa shape index (κ1) is 15.8. The van der Waals surface area contributed by atoms with Crippen LogP contribution in [0.4, 0.5) is 5.82 Å². The standard InChI is InChI=1S/C22H23N3/c1-2-9-17-25(16-8-1)22-19-12-6-7-13-20(19)23-21(24-22)15-14-18-10-4-3-5-11-18/h3-7,10-15H,1-2,8-9,16-17H2. The molecule has 3 aromatic rings. The number of para-hydroxylation sites is 1. The van der Waals surface area contributed by atoms with Gasteiger partial charge in [0.05, 0.1) is 5.52 Å². The van der Waals surface area contributed by atoms with Crippen molar-refractivity contribution in [3.05, 3.63) is 66.0 Å². The van der Waals surface area contributed by atoms with Crippen molar-refractivity contribution in [2.45, 2.75) is 25.7 Å². The third-order valence-corrected chi connectivity index (χ3v) is 4.73. The van der Waals surface area contributed by atoms with Crippen molar-refractivity contribution in [2.24, 2.45) is 0 Å². The number of benzene rings is 2. The SMILES string of the molecule is C(=Cc1nc(N2CCCCCC2)c2ccccc2n1)c1ccccc1. The fourth-order valence-electron chi connectivity index (χ4n) is 3.41. The molecular formula is C22H23N3. The van der Waals surface area contributed by atoms with Crippen LogP contribution < -0.4 is 4.90 Å². The van der Waals surface area contributed by atoms with Crippen molar-refractivity contribution in [1.29, 1.82) is 0 Å². The first-order valence-electron chi connectivity index (χ1n) is 9.15. The topological polar surface area (TPSA) is 29.0 Å². The summed E-state index contributed by atoms with van der Waals surface area (Å²) in [6, 6.07) is 18.6. The maximum absolute atomic E-state index is 4.91. The molecule has 0 bridgehead atoms. The minimum Gasteiger partial charge on any atom is -0.356 e. The molecule has 1 aliphatic heterocycles. The molecule has 1 aromatic heterocycles. The van der Waals surface area contributed by atoms with E-state index in [-0.39, 0.29) is 0 Å². The van der Waals surface area contributed by atoms with E-state index >= 15 is 0 Å². The fraction of sp³-hybridized carbons (Fsp3) is 0.273. The summed E-state index contributed by atoms with van der Waals surface area (Å²) < 4.78 is 0. The van der Waals surface area contributed by atoms with Crippen LogP contribution in [0.3, 0.4) is 0 Å². The Morgan fingerprint density at radius 3 is 2.24 bits per heavy atom. The van der Waals surface area contributed by atoms with Crippen molar-refractivity contribution >= 4 is 28.9 Å². The van der Waals surface area contributed by atoms with Gasteiger partial charge in [-0.3, -0.25) is 0 Å². The molecule has 0 atom stereocenters. The Morgan fingerprint density at radius 2 is 1.44 bits per heavy atom. The van der Waals surface area contributed by atoms with Crippen molar-refractivity contribution in [2.75, 3.05) is 18.0 Å². The molecular weight excluding hydrogens is 306 g/mol. The molecule has 0 N–H and O–H groups in total. The molecule has 0 aliphatic carbocycles. The van der Waals surface area contributed by atoms with Gasteiger partial charge in [-0.05, 0) is 36.6 Å². The molecule has 1 saturated heterocycles. The van der Waals surface area contributed by atoms with Gasteiger partial charge in [0.15, 0.2) is 5.82 Å². The van der Waals surface area contributed by atoms with Gasteiger partial charge < -0.3 is 4.90 Å². The summed E-state index contributed by atoms with van der Waals surface area (Å²) in [7, 11) is 0. The number of hydrogen-bond donors (Lipinski definition) is 0. The van der Waals surface area contributed by atoms with Gasteiger partial charge in [0.25, 0.3) is 0 Å². The van der Waals surface area contributed by atoms with Gasteiger partial charge in [0, 0.05) is 18.5 Å². The minimum atomic E-state index is 0.779. The van der Waals surface area contributed by atoms with Gasteiger partial charge in [-0.15, -0.1) is 0 Å². The van der Waals surface area contributed by atoms with Crippen LogP contribution in [0.1, 0.15) is 37.1 Å². The lowest BCUT2D eigenvalue weighted by Crippen LogP contribution is -2.25. The first-order chi connectivity index (χ1) is 12.4. The largest absolute Gasteiger partial charge is 0.356 e. The van der Waals surface area contributed by atoms with E-state index in [9.17, 15) is 0 Å². The summed E-state index contributed by atoms with van der Waals surface area (Å²) >= 11 is 0. The molecule has 0 radical (unpaired) electrons. The summed E-state index contributed by atoms with van der Waals surface area (Å²) in [5.74, 6) is 1.86. The van der Waals surface area contributed by atoms with E-state index < -0.39 is 0 Å². The maximum Gasteiger partial charge on any atom is 0.154 e. The van der Waals surface area contributed by atoms with E-state index in [1.807, 2.05) is 30.3 Å². The Morgan fingerprint density at radius 1 is 0.720 bits per heavy atom. The molecule has 1 aliphatic rings. The second-order valence-corrected chi connectivity index (χ2v) is 6.57. The van der Waals surface area contributed by atoms with E-state index in [0.717, 1.165) is 41.2 Å². The molecule has 25 heavy (non-hydrogen) atoms. The highest BCUT2D eigenvalue weighted by Crippen LogP contribution is 2.26.